The van der Waals surface area contributed by atoms with Crippen molar-refractivity contribution in [2.24, 2.45) is 7.05 Å². The Labute approximate surface area is 167 Å². The van der Waals surface area contributed by atoms with Crippen LogP contribution in [0.15, 0.2) is 64.4 Å². The predicted molar refractivity (Wildman–Crippen MR) is 111 cm³/mol. The van der Waals surface area contributed by atoms with Gasteiger partial charge in [0.2, 0.25) is 5.91 Å². The number of benzene rings is 2. The number of hydrogen-bond donors (Lipinski definition) is 1. The van der Waals surface area contributed by atoms with Gasteiger partial charge in [-0.05, 0) is 31.4 Å². The van der Waals surface area contributed by atoms with Gasteiger partial charge in [0.25, 0.3) is 0 Å². The van der Waals surface area contributed by atoms with E-state index in [1.165, 1.54) is 11.8 Å². The number of aromatic nitrogens is 3. The van der Waals surface area contributed by atoms with Gasteiger partial charge in [-0.25, -0.2) is 0 Å². The van der Waals surface area contributed by atoms with Crippen LogP contribution in [0.1, 0.15) is 12.7 Å². The van der Waals surface area contributed by atoms with Crippen LogP contribution in [-0.4, -0.2) is 25.9 Å². The van der Waals surface area contributed by atoms with E-state index >= 15 is 0 Å². The van der Waals surface area contributed by atoms with Crippen molar-refractivity contribution in [2.75, 3.05) is 5.32 Å². The van der Waals surface area contributed by atoms with E-state index in [9.17, 15) is 4.79 Å². The molecule has 1 atom stereocenters. The molecule has 0 aliphatic rings. The van der Waals surface area contributed by atoms with E-state index < -0.39 is 0 Å². The number of hydrogen-bond acceptors (Lipinski definition) is 5. The van der Waals surface area contributed by atoms with Crippen LogP contribution in [0.5, 0.6) is 0 Å². The van der Waals surface area contributed by atoms with Gasteiger partial charge in [-0.1, -0.05) is 48.2 Å². The molecule has 7 heteroatoms. The van der Waals surface area contributed by atoms with E-state index in [0.29, 0.717) is 5.16 Å². The zero-order valence-electron chi connectivity index (χ0n) is 15.8. The summed E-state index contributed by atoms with van der Waals surface area (Å²) >= 11 is 1.37. The number of amides is 1. The van der Waals surface area contributed by atoms with Gasteiger partial charge in [0, 0.05) is 18.1 Å². The van der Waals surface area contributed by atoms with E-state index in [2.05, 4.69) is 15.5 Å². The Kier molecular flexibility index (Phi) is 4.92. The lowest BCUT2D eigenvalue weighted by Crippen LogP contribution is -2.23. The first-order valence-corrected chi connectivity index (χ1v) is 9.81. The monoisotopic (exact) mass is 392 g/mol. The number of nitrogens with one attached hydrogen (secondary N) is 1. The summed E-state index contributed by atoms with van der Waals surface area (Å²) in [5.74, 6) is 1.43. The maximum Gasteiger partial charge on any atom is 0.237 e. The number of aryl methyl sites for hydroxylation is 1. The molecule has 4 aromatic rings. The first kappa shape index (κ1) is 18.3. The van der Waals surface area contributed by atoms with Crippen molar-refractivity contribution in [3.8, 4) is 11.4 Å². The molecule has 0 spiro atoms. The summed E-state index contributed by atoms with van der Waals surface area (Å²) in [6, 6.07) is 15.7. The molecule has 0 unspecified atom stereocenters. The predicted octanol–water partition coefficient (Wildman–Crippen LogP) is 4.66. The molecular weight excluding hydrogens is 372 g/mol. The molecule has 0 saturated heterocycles. The fraction of sp³-hybridized carbons (Fsp3) is 0.190. The Morgan fingerprint density at radius 2 is 1.93 bits per heavy atom. The number of fused-ring (bicyclic) bond motifs is 1. The molecule has 0 fully saturated rings. The van der Waals surface area contributed by atoms with Crippen molar-refractivity contribution < 1.29 is 9.21 Å². The summed E-state index contributed by atoms with van der Waals surface area (Å²) in [6.07, 6.45) is 1.63. The normalized spacial score (nSPS) is 12.2. The summed E-state index contributed by atoms with van der Waals surface area (Å²) < 4.78 is 7.23. The zero-order valence-corrected chi connectivity index (χ0v) is 16.7. The highest BCUT2D eigenvalue weighted by Gasteiger charge is 2.21. The second kappa shape index (κ2) is 7.52. The van der Waals surface area contributed by atoms with Gasteiger partial charge in [0.1, 0.15) is 5.76 Å². The molecule has 0 radical (unpaired) electrons. The Morgan fingerprint density at radius 3 is 2.71 bits per heavy atom. The lowest BCUT2D eigenvalue weighted by atomic mass is 10.1. The number of rotatable bonds is 5. The number of thioether (sulfide) groups is 1. The zero-order chi connectivity index (χ0) is 19.7. The lowest BCUT2D eigenvalue weighted by Gasteiger charge is -2.13. The molecule has 0 bridgehead atoms. The van der Waals surface area contributed by atoms with Crippen molar-refractivity contribution in [3.05, 3.63) is 60.6 Å². The third-order valence-electron chi connectivity index (χ3n) is 4.63. The highest BCUT2D eigenvalue weighted by molar-refractivity contribution is 8.00. The van der Waals surface area contributed by atoms with E-state index in [4.69, 9.17) is 4.42 Å². The summed E-state index contributed by atoms with van der Waals surface area (Å²) in [4.78, 5) is 12.8. The summed E-state index contributed by atoms with van der Waals surface area (Å²) in [6.45, 7) is 3.75. The molecule has 2 aromatic carbocycles. The van der Waals surface area contributed by atoms with Crippen molar-refractivity contribution in [3.63, 3.8) is 0 Å². The highest BCUT2D eigenvalue weighted by Crippen LogP contribution is 2.29. The number of carbonyl (C=O) groups excluding carboxylic acids is 1. The number of carbonyl (C=O) groups is 1. The quantitative estimate of drug-likeness (QED) is 0.500. The van der Waals surface area contributed by atoms with Crippen LogP contribution in [0.3, 0.4) is 0 Å². The number of nitrogens with zero attached hydrogens (tertiary/aromatic N) is 3. The Morgan fingerprint density at radius 1 is 1.14 bits per heavy atom. The molecule has 0 aliphatic heterocycles. The first-order valence-electron chi connectivity index (χ1n) is 8.93. The van der Waals surface area contributed by atoms with Crippen LogP contribution in [0, 0.1) is 6.92 Å². The molecule has 1 amide bonds. The Bertz CT molecular complexity index is 1140. The lowest BCUT2D eigenvalue weighted by molar-refractivity contribution is -0.115. The van der Waals surface area contributed by atoms with Gasteiger partial charge >= 0.3 is 0 Å². The number of furan rings is 1. The maximum absolute atomic E-state index is 12.8. The van der Waals surface area contributed by atoms with Crippen LogP contribution in [-0.2, 0) is 11.8 Å². The molecule has 1 N–H and O–H groups in total. The molecule has 142 valence electrons. The van der Waals surface area contributed by atoms with Crippen molar-refractivity contribution >= 4 is 34.1 Å². The molecule has 2 heterocycles. The van der Waals surface area contributed by atoms with Crippen molar-refractivity contribution in [2.45, 2.75) is 24.3 Å². The van der Waals surface area contributed by atoms with E-state index in [-0.39, 0.29) is 11.2 Å². The molecule has 4 rings (SSSR count). The molecule has 0 aliphatic carbocycles. The smallest absolute Gasteiger partial charge is 0.237 e. The Hall–Kier alpha value is -3.06. The van der Waals surface area contributed by atoms with E-state index in [0.717, 1.165) is 33.6 Å². The third-order valence-corrected chi connectivity index (χ3v) is 5.77. The maximum atomic E-state index is 12.8. The Balaban J connectivity index is 1.51. The van der Waals surface area contributed by atoms with Gasteiger partial charge in [0.05, 0.1) is 17.1 Å². The second-order valence-corrected chi connectivity index (χ2v) is 7.84. The van der Waals surface area contributed by atoms with Crippen molar-refractivity contribution in [1.82, 2.24) is 14.8 Å². The fourth-order valence-corrected chi connectivity index (χ4v) is 3.86. The van der Waals surface area contributed by atoms with Crippen LogP contribution in [0.2, 0.25) is 0 Å². The first-order chi connectivity index (χ1) is 13.5. The average Bonchev–Trinajstić information content (AvgIpc) is 3.27. The van der Waals surface area contributed by atoms with Gasteiger partial charge in [-0.2, -0.15) is 0 Å². The highest BCUT2D eigenvalue weighted by atomic mass is 32.2. The van der Waals surface area contributed by atoms with E-state index in [1.807, 2.05) is 74.0 Å². The molecule has 6 nitrogen and oxygen atoms in total. The minimum absolute atomic E-state index is 0.0783. The fourth-order valence-electron chi connectivity index (χ4n) is 3.05. The summed E-state index contributed by atoms with van der Waals surface area (Å²) in [5, 5.41) is 14.0. The molecule has 28 heavy (non-hydrogen) atoms. The van der Waals surface area contributed by atoms with E-state index in [1.54, 1.807) is 6.26 Å². The standard InChI is InChI=1S/C21H20N4O2S/c1-13-16(11-12-27-13)19-23-24-21(25(19)3)28-14(2)20(26)22-18-10-6-8-15-7-4-5-9-17(15)18/h4-12,14H,1-3H3,(H,22,26)/t14-/m0/s1. The van der Waals surface area contributed by atoms with Gasteiger partial charge in [-0.15, -0.1) is 10.2 Å². The van der Waals surface area contributed by atoms with Crippen LogP contribution < -0.4 is 5.32 Å². The molecule has 0 saturated carbocycles. The van der Waals surface area contributed by atoms with Gasteiger partial charge in [-0.3, -0.25) is 4.79 Å². The topological polar surface area (TPSA) is 72.9 Å². The summed E-state index contributed by atoms with van der Waals surface area (Å²) in [5.41, 5.74) is 1.71. The molecule has 2 aromatic heterocycles. The third kappa shape index (κ3) is 3.41. The minimum atomic E-state index is -0.333. The second-order valence-electron chi connectivity index (χ2n) is 6.53. The average molecular weight is 392 g/mol. The van der Waals surface area contributed by atoms with Gasteiger partial charge < -0.3 is 14.3 Å². The SMILES string of the molecule is Cc1occc1-c1nnc(S[C@@H](C)C(=O)Nc2cccc3ccccc23)n1C. The van der Waals surface area contributed by atoms with Crippen molar-refractivity contribution in [1.29, 1.82) is 0 Å². The van der Waals surface area contributed by atoms with Gasteiger partial charge in [0.15, 0.2) is 11.0 Å². The van der Waals surface area contributed by atoms with Crippen LogP contribution in [0.25, 0.3) is 22.2 Å². The largest absolute Gasteiger partial charge is 0.469 e. The molecular formula is C21H20N4O2S. The summed E-state index contributed by atoms with van der Waals surface area (Å²) in [7, 11) is 1.89. The minimum Gasteiger partial charge on any atom is -0.469 e. The van der Waals surface area contributed by atoms with Crippen LogP contribution in [0.4, 0.5) is 5.69 Å². The number of anilines is 1. The van der Waals surface area contributed by atoms with Crippen LogP contribution >= 0.6 is 11.8 Å².